The monoisotopic (exact) mass is 441 g/mol. The molecule has 0 radical (unpaired) electrons. The van der Waals surface area contributed by atoms with Crippen molar-refractivity contribution in [3.05, 3.63) is 54.1 Å². The summed E-state index contributed by atoms with van der Waals surface area (Å²) in [6.07, 6.45) is 0.375. The van der Waals surface area contributed by atoms with Crippen molar-refractivity contribution in [3.8, 4) is 5.75 Å². The summed E-state index contributed by atoms with van der Waals surface area (Å²) in [6.45, 7) is 3.19. The molecule has 7 nitrogen and oxygen atoms in total. The highest BCUT2D eigenvalue weighted by molar-refractivity contribution is 7.92. The number of aliphatic hydroxyl groups is 1. The van der Waals surface area contributed by atoms with Crippen LogP contribution in [0.15, 0.2) is 42.5 Å². The number of halogens is 2. The third-order valence-corrected chi connectivity index (χ3v) is 5.32. The molecular weight excluding hydrogens is 416 g/mol. The molecule has 1 saturated heterocycles. The smallest absolute Gasteiger partial charge is 0.229 e. The molecule has 0 bridgehead atoms. The van der Waals surface area contributed by atoms with E-state index >= 15 is 0 Å². The maximum atomic E-state index is 13.4. The van der Waals surface area contributed by atoms with Gasteiger partial charge in [-0.2, -0.15) is 0 Å². The molecule has 1 unspecified atom stereocenters. The van der Waals surface area contributed by atoms with Gasteiger partial charge in [0.1, 0.15) is 18.5 Å². The van der Waals surface area contributed by atoms with E-state index < -0.39 is 27.8 Å². The maximum absolute atomic E-state index is 13.4. The molecule has 2 N–H and O–H groups in total. The zero-order valence-corrected chi connectivity index (χ0v) is 17.4. The van der Waals surface area contributed by atoms with Crippen LogP contribution in [0.25, 0.3) is 0 Å². The third-order valence-electron chi connectivity index (χ3n) is 4.71. The van der Waals surface area contributed by atoms with Gasteiger partial charge in [-0.25, -0.2) is 17.2 Å². The first kappa shape index (κ1) is 22.3. The van der Waals surface area contributed by atoms with E-state index in [0.717, 1.165) is 12.3 Å². The first-order valence-corrected chi connectivity index (χ1v) is 11.4. The van der Waals surface area contributed by atoms with Crippen LogP contribution in [-0.4, -0.2) is 70.1 Å². The molecule has 0 aromatic heterocycles. The molecule has 0 spiro atoms. The number of hydrogen-bond acceptors (Lipinski definition) is 6. The Morgan fingerprint density at radius 3 is 2.33 bits per heavy atom. The number of ether oxygens (including phenoxy) is 1. The number of β-amino-alcohol motifs (C(OH)–C–C–N with tert-alkyl or cyclic N) is 1. The first-order chi connectivity index (χ1) is 14.2. The van der Waals surface area contributed by atoms with Crippen LogP contribution in [0.1, 0.15) is 0 Å². The zero-order valence-electron chi connectivity index (χ0n) is 16.6. The normalized spacial score (nSPS) is 16.3. The second-order valence-corrected chi connectivity index (χ2v) is 9.00. The van der Waals surface area contributed by atoms with Gasteiger partial charge in [-0.1, -0.05) is 0 Å². The third kappa shape index (κ3) is 6.54. The van der Waals surface area contributed by atoms with E-state index in [0.29, 0.717) is 49.8 Å². The average molecular weight is 442 g/mol. The fraction of sp³-hybridized carbons (Fsp3) is 0.400. The number of rotatable bonds is 8. The van der Waals surface area contributed by atoms with Crippen LogP contribution >= 0.6 is 0 Å². The van der Waals surface area contributed by atoms with E-state index in [9.17, 15) is 22.3 Å². The Morgan fingerprint density at radius 2 is 1.73 bits per heavy atom. The molecular formula is C20H25F2N3O4S. The molecule has 1 heterocycles. The van der Waals surface area contributed by atoms with Gasteiger partial charge in [0.25, 0.3) is 0 Å². The lowest BCUT2D eigenvalue weighted by molar-refractivity contribution is 0.0663. The number of hydrogen-bond donors (Lipinski definition) is 2. The Hall–Kier alpha value is -2.43. The summed E-state index contributed by atoms with van der Waals surface area (Å²) >= 11 is 0. The summed E-state index contributed by atoms with van der Waals surface area (Å²) in [7, 11) is -3.33. The molecule has 1 atom stereocenters. The molecule has 10 heteroatoms. The molecule has 2 aromatic rings. The number of anilines is 2. The molecule has 30 heavy (non-hydrogen) atoms. The van der Waals surface area contributed by atoms with E-state index in [2.05, 4.69) is 9.62 Å². The Labute approximate surface area is 174 Å². The minimum atomic E-state index is -3.33. The van der Waals surface area contributed by atoms with Gasteiger partial charge in [-0.3, -0.25) is 9.62 Å². The van der Waals surface area contributed by atoms with Crippen molar-refractivity contribution in [1.82, 2.24) is 4.90 Å². The predicted octanol–water partition coefficient (Wildman–Crippen LogP) is 1.90. The van der Waals surface area contributed by atoms with Gasteiger partial charge in [0.05, 0.1) is 6.26 Å². The second-order valence-electron chi connectivity index (χ2n) is 7.25. The van der Waals surface area contributed by atoms with Crippen molar-refractivity contribution in [2.75, 3.05) is 55.2 Å². The zero-order chi connectivity index (χ0) is 21.7. The highest BCUT2D eigenvalue weighted by Crippen LogP contribution is 2.20. The average Bonchev–Trinajstić information content (AvgIpc) is 2.69. The number of nitrogens with zero attached hydrogens (tertiary/aromatic N) is 2. The molecule has 1 aliphatic rings. The molecule has 164 valence electrons. The van der Waals surface area contributed by atoms with Gasteiger partial charge in [-0.05, 0) is 36.4 Å². The van der Waals surface area contributed by atoms with Gasteiger partial charge in [0.15, 0.2) is 11.6 Å². The largest absolute Gasteiger partial charge is 0.491 e. The van der Waals surface area contributed by atoms with Crippen LogP contribution in [-0.2, 0) is 10.0 Å². The van der Waals surface area contributed by atoms with Crippen LogP contribution in [0.3, 0.4) is 0 Å². The Balaban J connectivity index is 1.41. The highest BCUT2D eigenvalue weighted by atomic mass is 32.2. The fourth-order valence-corrected chi connectivity index (χ4v) is 3.81. The van der Waals surface area contributed by atoms with Crippen LogP contribution in [0.5, 0.6) is 5.75 Å². The predicted molar refractivity (Wildman–Crippen MR) is 111 cm³/mol. The minimum absolute atomic E-state index is 0.0994. The summed E-state index contributed by atoms with van der Waals surface area (Å²) < 4.78 is 56.8. The number of nitrogens with one attached hydrogen (secondary N) is 1. The molecule has 3 rings (SSSR count). The van der Waals surface area contributed by atoms with Crippen molar-refractivity contribution in [3.63, 3.8) is 0 Å². The van der Waals surface area contributed by atoms with Gasteiger partial charge in [0.2, 0.25) is 10.0 Å². The maximum Gasteiger partial charge on any atom is 0.229 e. The molecule has 1 fully saturated rings. The summed E-state index contributed by atoms with van der Waals surface area (Å²) in [6, 6.07) is 10.3. The van der Waals surface area contributed by atoms with Gasteiger partial charge >= 0.3 is 0 Å². The molecule has 1 aliphatic heterocycles. The van der Waals surface area contributed by atoms with Gasteiger partial charge < -0.3 is 14.7 Å². The van der Waals surface area contributed by atoms with E-state index in [1.807, 2.05) is 4.90 Å². The summed E-state index contributed by atoms with van der Waals surface area (Å²) in [5, 5.41) is 10.3. The Morgan fingerprint density at radius 1 is 1.07 bits per heavy atom. The van der Waals surface area contributed by atoms with E-state index in [1.54, 1.807) is 30.3 Å². The fourth-order valence-electron chi connectivity index (χ4n) is 3.25. The number of benzene rings is 2. The topological polar surface area (TPSA) is 82.1 Å². The van der Waals surface area contributed by atoms with Gasteiger partial charge in [-0.15, -0.1) is 0 Å². The van der Waals surface area contributed by atoms with Crippen molar-refractivity contribution >= 4 is 21.4 Å². The molecule has 0 amide bonds. The van der Waals surface area contributed by atoms with E-state index in [4.69, 9.17) is 4.74 Å². The van der Waals surface area contributed by atoms with Crippen molar-refractivity contribution in [2.24, 2.45) is 0 Å². The molecule has 0 aliphatic carbocycles. The van der Waals surface area contributed by atoms with Crippen LogP contribution in [0.2, 0.25) is 0 Å². The highest BCUT2D eigenvalue weighted by Gasteiger charge is 2.20. The number of aliphatic hydroxyl groups excluding tert-OH is 1. The Kier molecular flexibility index (Phi) is 7.11. The summed E-state index contributed by atoms with van der Waals surface area (Å²) in [5.41, 5.74) is 1.08. The van der Waals surface area contributed by atoms with Crippen LogP contribution in [0.4, 0.5) is 20.2 Å². The van der Waals surface area contributed by atoms with Crippen molar-refractivity contribution in [1.29, 1.82) is 0 Å². The molecule has 2 aromatic carbocycles. The van der Waals surface area contributed by atoms with Crippen LogP contribution < -0.4 is 14.4 Å². The van der Waals surface area contributed by atoms with Crippen molar-refractivity contribution in [2.45, 2.75) is 6.10 Å². The number of piperazine rings is 1. The van der Waals surface area contributed by atoms with Crippen LogP contribution in [0, 0.1) is 11.6 Å². The second kappa shape index (κ2) is 9.59. The Bertz CT molecular complexity index is 949. The summed E-state index contributed by atoms with van der Waals surface area (Å²) in [5.74, 6) is -1.19. The lowest BCUT2D eigenvalue weighted by atomic mass is 10.2. The van der Waals surface area contributed by atoms with E-state index in [-0.39, 0.29) is 6.61 Å². The quantitative estimate of drug-likeness (QED) is 0.651. The molecule has 0 saturated carbocycles. The lowest BCUT2D eigenvalue weighted by Crippen LogP contribution is -2.49. The number of sulfonamides is 1. The minimum Gasteiger partial charge on any atom is -0.491 e. The van der Waals surface area contributed by atoms with E-state index in [1.165, 1.54) is 6.07 Å². The first-order valence-electron chi connectivity index (χ1n) is 9.51. The standard InChI is InChI=1S/C20H25F2N3O4S/c1-30(27,28)23-15-2-5-18(6-3-15)29-14-17(26)13-24-8-10-25(11-9-24)16-4-7-19(21)20(22)12-16/h2-7,12,17,23,26H,8-11,13-14H2,1H3. The SMILES string of the molecule is CS(=O)(=O)Nc1ccc(OCC(O)CN2CCN(c3ccc(F)c(F)c3)CC2)cc1. The van der Waals surface area contributed by atoms with Gasteiger partial charge in [0, 0.05) is 50.2 Å². The lowest BCUT2D eigenvalue weighted by Gasteiger charge is -2.36. The summed E-state index contributed by atoms with van der Waals surface area (Å²) in [4.78, 5) is 4.07. The van der Waals surface area contributed by atoms with Crippen molar-refractivity contribution < 1.29 is 27.0 Å².